The number of nitrogens with zero attached hydrogens (tertiary/aromatic N) is 2. The molecule has 0 aromatic carbocycles. The Morgan fingerprint density at radius 1 is 1.52 bits per heavy atom. The van der Waals surface area contributed by atoms with Gasteiger partial charge in [0, 0.05) is 24.7 Å². The van der Waals surface area contributed by atoms with Crippen LogP contribution in [0.3, 0.4) is 0 Å². The third-order valence-electron chi connectivity index (χ3n) is 3.46. The molecule has 2 rings (SSSR count). The van der Waals surface area contributed by atoms with Gasteiger partial charge in [0.15, 0.2) is 0 Å². The van der Waals surface area contributed by atoms with E-state index in [0.717, 1.165) is 11.4 Å². The van der Waals surface area contributed by atoms with Crippen LogP contribution >= 0.6 is 0 Å². The van der Waals surface area contributed by atoms with E-state index < -0.39 is 12.0 Å². The normalized spacial score (nSPS) is 21.7. The van der Waals surface area contributed by atoms with Crippen LogP contribution in [-0.2, 0) is 20.7 Å². The molecule has 1 aliphatic heterocycles. The number of likely N-dealkylation sites (tertiary alicyclic amines) is 1. The van der Waals surface area contributed by atoms with E-state index in [1.165, 1.54) is 4.90 Å². The first-order chi connectivity index (χ1) is 9.95. The van der Waals surface area contributed by atoms with E-state index in [-0.39, 0.29) is 31.6 Å². The second-order valence-corrected chi connectivity index (χ2v) is 5.33. The molecule has 0 saturated carbocycles. The van der Waals surface area contributed by atoms with Gasteiger partial charge >= 0.3 is 0 Å². The number of nitrogens with two attached hydrogens (primary N) is 1. The summed E-state index contributed by atoms with van der Waals surface area (Å²) in [6.07, 6.45) is 0.0272. The average molecular weight is 296 g/mol. The molecule has 1 aromatic rings. The SMILES string of the molecule is Cc1cc(C[C@@H]2CN(C(=O)COCC(N)=O)C[C@H]2O)n[nH]1. The standard InChI is InChI=1S/C13H20N4O4/c1-8-2-10(16-15-8)3-9-4-17(5-11(9)18)13(20)7-21-6-12(14)19/h2,9,11,18H,3-7H2,1H3,(H2,14,19)(H,15,16)/t9-,11-/m1/s1. The molecule has 2 amide bonds. The molecular weight excluding hydrogens is 276 g/mol. The number of β-amino-alcohol motifs (C(OH)–C–C–N with tert-alkyl or cyclic N) is 1. The number of rotatable bonds is 6. The van der Waals surface area contributed by atoms with Gasteiger partial charge in [-0.15, -0.1) is 0 Å². The van der Waals surface area contributed by atoms with Crippen molar-refractivity contribution in [1.29, 1.82) is 0 Å². The van der Waals surface area contributed by atoms with E-state index in [2.05, 4.69) is 10.2 Å². The van der Waals surface area contributed by atoms with Crippen LogP contribution in [0.5, 0.6) is 0 Å². The molecule has 1 saturated heterocycles. The molecule has 8 nitrogen and oxygen atoms in total. The highest BCUT2D eigenvalue weighted by Gasteiger charge is 2.34. The first kappa shape index (κ1) is 15.5. The molecule has 0 spiro atoms. The average Bonchev–Trinajstić information content (AvgIpc) is 2.97. The lowest BCUT2D eigenvalue weighted by atomic mass is 10.0. The molecule has 1 aliphatic rings. The maximum atomic E-state index is 11.9. The van der Waals surface area contributed by atoms with Crippen molar-refractivity contribution in [2.75, 3.05) is 26.3 Å². The van der Waals surface area contributed by atoms with Gasteiger partial charge in [-0.3, -0.25) is 14.7 Å². The summed E-state index contributed by atoms with van der Waals surface area (Å²) in [5.41, 5.74) is 6.76. The van der Waals surface area contributed by atoms with Crippen molar-refractivity contribution in [3.63, 3.8) is 0 Å². The number of ether oxygens (including phenoxy) is 1. The Kier molecular flexibility index (Phi) is 4.92. The van der Waals surface area contributed by atoms with Crippen molar-refractivity contribution in [1.82, 2.24) is 15.1 Å². The summed E-state index contributed by atoms with van der Waals surface area (Å²) < 4.78 is 4.90. The molecule has 0 radical (unpaired) electrons. The third kappa shape index (κ3) is 4.27. The van der Waals surface area contributed by atoms with Crippen LogP contribution in [-0.4, -0.2) is 64.4 Å². The monoisotopic (exact) mass is 296 g/mol. The number of hydrogen-bond donors (Lipinski definition) is 3. The predicted molar refractivity (Wildman–Crippen MR) is 73.1 cm³/mol. The van der Waals surface area contributed by atoms with Gasteiger partial charge in [0.05, 0.1) is 11.8 Å². The molecule has 0 bridgehead atoms. The van der Waals surface area contributed by atoms with E-state index in [1.807, 2.05) is 13.0 Å². The van der Waals surface area contributed by atoms with Crippen molar-refractivity contribution in [2.24, 2.45) is 11.7 Å². The smallest absolute Gasteiger partial charge is 0.248 e. The summed E-state index contributed by atoms with van der Waals surface area (Å²) in [4.78, 5) is 24.0. The molecule has 1 fully saturated rings. The zero-order chi connectivity index (χ0) is 15.4. The second kappa shape index (κ2) is 6.68. The minimum atomic E-state index is -0.615. The molecular formula is C13H20N4O4. The number of aromatic nitrogens is 2. The second-order valence-electron chi connectivity index (χ2n) is 5.33. The lowest BCUT2D eigenvalue weighted by molar-refractivity contribution is -0.137. The van der Waals surface area contributed by atoms with E-state index in [9.17, 15) is 14.7 Å². The number of primary amides is 1. The molecule has 0 aliphatic carbocycles. The van der Waals surface area contributed by atoms with Gasteiger partial charge in [-0.2, -0.15) is 5.10 Å². The molecule has 2 atom stereocenters. The van der Waals surface area contributed by atoms with Gasteiger partial charge in [0.2, 0.25) is 11.8 Å². The Bertz CT molecular complexity index is 516. The molecule has 1 aromatic heterocycles. The minimum absolute atomic E-state index is 0.0483. The fourth-order valence-electron chi connectivity index (χ4n) is 2.44. The quantitative estimate of drug-likeness (QED) is 0.595. The lowest BCUT2D eigenvalue weighted by Crippen LogP contribution is -2.34. The molecule has 2 heterocycles. The summed E-state index contributed by atoms with van der Waals surface area (Å²) in [5, 5.41) is 17.0. The Morgan fingerprint density at radius 2 is 2.29 bits per heavy atom. The Morgan fingerprint density at radius 3 is 2.90 bits per heavy atom. The van der Waals surface area contributed by atoms with Gasteiger partial charge in [0.1, 0.15) is 13.2 Å². The Hall–Kier alpha value is -1.93. The van der Waals surface area contributed by atoms with Crippen molar-refractivity contribution in [2.45, 2.75) is 19.4 Å². The topological polar surface area (TPSA) is 122 Å². The van der Waals surface area contributed by atoms with Crippen molar-refractivity contribution in [3.05, 3.63) is 17.5 Å². The van der Waals surface area contributed by atoms with Crippen LogP contribution in [0.15, 0.2) is 6.07 Å². The van der Waals surface area contributed by atoms with Crippen LogP contribution in [0.25, 0.3) is 0 Å². The summed E-state index contributed by atoms with van der Waals surface area (Å²) in [6, 6.07) is 1.92. The number of carbonyl (C=O) groups excluding carboxylic acids is 2. The number of H-pyrrole nitrogens is 1. The van der Waals surface area contributed by atoms with Gasteiger partial charge < -0.3 is 20.5 Å². The molecule has 0 unspecified atom stereocenters. The maximum Gasteiger partial charge on any atom is 0.248 e. The third-order valence-corrected chi connectivity index (χ3v) is 3.46. The fraction of sp³-hybridized carbons (Fsp3) is 0.615. The number of amides is 2. The number of nitrogens with one attached hydrogen (secondary N) is 1. The van der Waals surface area contributed by atoms with Crippen molar-refractivity contribution < 1.29 is 19.4 Å². The van der Waals surface area contributed by atoms with Gasteiger partial charge in [0.25, 0.3) is 0 Å². The number of aryl methyl sites for hydroxylation is 1. The number of carbonyl (C=O) groups is 2. The zero-order valence-electron chi connectivity index (χ0n) is 11.9. The van der Waals surface area contributed by atoms with Crippen LogP contribution < -0.4 is 5.73 Å². The predicted octanol–water partition coefficient (Wildman–Crippen LogP) is -1.42. The number of aromatic amines is 1. The number of hydrogen-bond acceptors (Lipinski definition) is 5. The molecule has 8 heteroatoms. The summed E-state index contributed by atoms with van der Waals surface area (Å²) >= 11 is 0. The largest absolute Gasteiger partial charge is 0.391 e. The van der Waals surface area contributed by atoms with Crippen molar-refractivity contribution >= 4 is 11.8 Å². The van der Waals surface area contributed by atoms with E-state index >= 15 is 0 Å². The highest BCUT2D eigenvalue weighted by atomic mass is 16.5. The summed E-state index contributed by atoms with van der Waals surface area (Å²) in [6.45, 7) is 2.15. The molecule has 21 heavy (non-hydrogen) atoms. The zero-order valence-corrected chi connectivity index (χ0v) is 11.9. The van der Waals surface area contributed by atoms with Crippen LogP contribution in [0, 0.1) is 12.8 Å². The first-order valence-electron chi connectivity index (χ1n) is 6.78. The van der Waals surface area contributed by atoms with Crippen LogP contribution in [0.4, 0.5) is 0 Å². The highest BCUT2D eigenvalue weighted by Crippen LogP contribution is 2.21. The first-order valence-corrected chi connectivity index (χ1v) is 6.78. The highest BCUT2D eigenvalue weighted by molar-refractivity contribution is 5.79. The van der Waals surface area contributed by atoms with E-state index in [4.69, 9.17) is 10.5 Å². The Labute approximate surface area is 122 Å². The summed E-state index contributed by atoms with van der Waals surface area (Å²) in [5.74, 6) is -0.917. The van der Waals surface area contributed by atoms with Gasteiger partial charge in [-0.25, -0.2) is 0 Å². The number of aliphatic hydroxyl groups excluding tert-OH is 1. The van der Waals surface area contributed by atoms with E-state index in [0.29, 0.717) is 13.0 Å². The number of aliphatic hydroxyl groups is 1. The Balaban J connectivity index is 1.82. The molecule has 4 N–H and O–H groups in total. The van der Waals surface area contributed by atoms with Crippen molar-refractivity contribution in [3.8, 4) is 0 Å². The van der Waals surface area contributed by atoms with Crippen LogP contribution in [0.1, 0.15) is 11.4 Å². The fourth-order valence-corrected chi connectivity index (χ4v) is 2.44. The van der Waals surface area contributed by atoms with E-state index in [1.54, 1.807) is 0 Å². The maximum absolute atomic E-state index is 11.9. The summed E-state index contributed by atoms with van der Waals surface area (Å²) in [7, 11) is 0. The molecule has 116 valence electrons. The van der Waals surface area contributed by atoms with Crippen LogP contribution in [0.2, 0.25) is 0 Å². The minimum Gasteiger partial charge on any atom is -0.391 e. The van der Waals surface area contributed by atoms with Gasteiger partial charge in [-0.1, -0.05) is 0 Å². The lowest BCUT2D eigenvalue weighted by Gasteiger charge is -2.15. The van der Waals surface area contributed by atoms with Gasteiger partial charge in [-0.05, 0) is 19.4 Å².